The molecule has 2 aromatic rings. The van der Waals surface area contributed by atoms with Crippen molar-refractivity contribution in [2.45, 2.75) is 11.8 Å². The largest absolute Gasteiger partial charge is 0.238 e. The molecule has 0 radical (unpaired) electrons. The van der Waals surface area contributed by atoms with Gasteiger partial charge in [-0.3, -0.25) is 0 Å². The molecule has 2 aromatic carbocycles. The van der Waals surface area contributed by atoms with Crippen LogP contribution in [0.5, 0.6) is 0 Å². The van der Waals surface area contributed by atoms with Crippen molar-refractivity contribution in [1.82, 2.24) is 0 Å². The van der Waals surface area contributed by atoms with Crippen LogP contribution in [0.3, 0.4) is 0 Å². The molecule has 0 unspecified atom stereocenters. The lowest BCUT2D eigenvalue weighted by Gasteiger charge is -2.05. The number of hydrogen-bond acceptors (Lipinski definition) is 2. The Bertz CT molecular complexity index is 679. The highest BCUT2D eigenvalue weighted by Crippen LogP contribution is 2.24. The minimum atomic E-state index is -3.71. The lowest BCUT2D eigenvalue weighted by Crippen LogP contribution is -2.11. The van der Waals surface area contributed by atoms with Crippen molar-refractivity contribution in [2.24, 2.45) is 5.14 Å². The van der Waals surface area contributed by atoms with Crippen LogP contribution >= 0.6 is 0 Å². The lowest BCUT2D eigenvalue weighted by molar-refractivity contribution is 0.598. The number of sulfonamides is 1. The fraction of sp³-hybridized carbons (Fsp3) is 0.0769. The van der Waals surface area contributed by atoms with E-state index in [2.05, 4.69) is 0 Å². The van der Waals surface area contributed by atoms with Gasteiger partial charge in [0.05, 0.1) is 4.90 Å². The van der Waals surface area contributed by atoms with E-state index in [1.54, 1.807) is 19.1 Å². The lowest BCUT2D eigenvalue weighted by atomic mass is 10.0. The molecule has 0 fully saturated rings. The summed E-state index contributed by atoms with van der Waals surface area (Å²) in [6.45, 7) is 1.80. The van der Waals surface area contributed by atoms with Crippen molar-refractivity contribution in [2.75, 3.05) is 0 Å². The van der Waals surface area contributed by atoms with Gasteiger partial charge in [0.15, 0.2) is 0 Å². The third kappa shape index (κ3) is 2.57. The summed E-state index contributed by atoms with van der Waals surface area (Å²) < 4.78 is 35.9. The summed E-state index contributed by atoms with van der Waals surface area (Å²) in [4.78, 5) is 0.0127. The first kappa shape index (κ1) is 12.7. The van der Waals surface area contributed by atoms with Gasteiger partial charge in [-0.05, 0) is 36.2 Å². The van der Waals surface area contributed by atoms with Crippen molar-refractivity contribution >= 4 is 10.0 Å². The van der Waals surface area contributed by atoms with Gasteiger partial charge in [-0.2, -0.15) is 0 Å². The Morgan fingerprint density at radius 2 is 1.67 bits per heavy atom. The smallest absolute Gasteiger partial charge is 0.225 e. The molecule has 0 aliphatic carbocycles. The average molecular weight is 265 g/mol. The normalized spacial score (nSPS) is 11.5. The van der Waals surface area contributed by atoms with Gasteiger partial charge in [-0.1, -0.05) is 24.3 Å². The van der Waals surface area contributed by atoms with Gasteiger partial charge in [0.1, 0.15) is 5.82 Å². The Kier molecular flexibility index (Phi) is 3.19. The molecule has 0 saturated carbocycles. The molecule has 0 spiro atoms. The Morgan fingerprint density at radius 3 is 2.17 bits per heavy atom. The van der Waals surface area contributed by atoms with Gasteiger partial charge in [0, 0.05) is 5.56 Å². The zero-order chi connectivity index (χ0) is 13.3. The molecular formula is C13H12FNO2S. The monoisotopic (exact) mass is 265 g/mol. The number of rotatable bonds is 2. The maximum atomic E-state index is 13.7. The molecular weight excluding hydrogens is 253 g/mol. The second-order valence-electron chi connectivity index (χ2n) is 4.05. The van der Waals surface area contributed by atoms with E-state index in [9.17, 15) is 12.8 Å². The third-order valence-corrected chi connectivity index (χ3v) is 3.55. The summed E-state index contributed by atoms with van der Waals surface area (Å²) in [6, 6.07) is 10.7. The first-order chi connectivity index (χ1) is 8.38. The van der Waals surface area contributed by atoms with Crippen LogP contribution in [0.1, 0.15) is 5.56 Å². The number of halogens is 1. The molecule has 0 amide bonds. The van der Waals surface area contributed by atoms with Crippen molar-refractivity contribution < 1.29 is 12.8 Å². The maximum absolute atomic E-state index is 13.7. The highest BCUT2D eigenvalue weighted by molar-refractivity contribution is 7.89. The van der Waals surface area contributed by atoms with Crippen LogP contribution in [-0.2, 0) is 10.0 Å². The Balaban J connectivity index is 2.47. The molecule has 0 aromatic heterocycles. The van der Waals surface area contributed by atoms with Crippen LogP contribution in [0.2, 0.25) is 0 Å². The number of nitrogens with two attached hydrogens (primary N) is 1. The number of primary sulfonamides is 1. The minimum absolute atomic E-state index is 0.0127. The second-order valence-corrected chi connectivity index (χ2v) is 5.61. The van der Waals surface area contributed by atoms with Crippen LogP contribution in [0.4, 0.5) is 4.39 Å². The zero-order valence-electron chi connectivity index (χ0n) is 9.72. The highest BCUT2D eigenvalue weighted by Gasteiger charge is 2.09. The van der Waals surface area contributed by atoms with Gasteiger partial charge in [-0.25, -0.2) is 17.9 Å². The first-order valence-corrected chi connectivity index (χ1v) is 6.82. The second kappa shape index (κ2) is 4.51. The molecule has 0 aliphatic rings. The molecule has 0 aliphatic heterocycles. The number of aryl methyl sites for hydroxylation is 1. The SMILES string of the molecule is Cc1ccc(-c2ccc(S(N)(=O)=O)cc2)c(F)c1. The highest BCUT2D eigenvalue weighted by atomic mass is 32.2. The van der Waals surface area contributed by atoms with E-state index in [1.807, 2.05) is 0 Å². The molecule has 0 saturated heterocycles. The Labute approximate surface area is 105 Å². The van der Waals surface area contributed by atoms with E-state index in [4.69, 9.17) is 5.14 Å². The van der Waals surface area contributed by atoms with Gasteiger partial charge < -0.3 is 0 Å². The molecule has 0 atom stereocenters. The van der Waals surface area contributed by atoms with Crippen molar-refractivity contribution in [1.29, 1.82) is 0 Å². The summed E-state index contributed by atoms with van der Waals surface area (Å²) >= 11 is 0. The Hall–Kier alpha value is -1.72. The van der Waals surface area contributed by atoms with Gasteiger partial charge in [0.25, 0.3) is 0 Å². The predicted molar refractivity (Wildman–Crippen MR) is 67.9 cm³/mol. The predicted octanol–water partition coefficient (Wildman–Crippen LogP) is 2.45. The summed E-state index contributed by atoms with van der Waals surface area (Å²) in [5, 5.41) is 4.99. The molecule has 94 valence electrons. The van der Waals surface area contributed by atoms with E-state index in [0.717, 1.165) is 5.56 Å². The maximum Gasteiger partial charge on any atom is 0.238 e. The topological polar surface area (TPSA) is 60.2 Å². The van der Waals surface area contributed by atoms with Crippen LogP contribution in [0, 0.1) is 12.7 Å². The van der Waals surface area contributed by atoms with E-state index >= 15 is 0 Å². The number of benzene rings is 2. The quantitative estimate of drug-likeness (QED) is 0.906. The van der Waals surface area contributed by atoms with Crippen molar-refractivity contribution in [3.8, 4) is 11.1 Å². The van der Waals surface area contributed by atoms with Crippen LogP contribution in [-0.4, -0.2) is 8.42 Å². The van der Waals surface area contributed by atoms with Crippen LogP contribution in [0.15, 0.2) is 47.4 Å². The molecule has 5 heteroatoms. The third-order valence-electron chi connectivity index (χ3n) is 2.62. The molecule has 3 nitrogen and oxygen atoms in total. The van der Waals surface area contributed by atoms with E-state index in [1.165, 1.54) is 30.3 Å². The van der Waals surface area contributed by atoms with Gasteiger partial charge >= 0.3 is 0 Å². The molecule has 0 heterocycles. The van der Waals surface area contributed by atoms with E-state index in [0.29, 0.717) is 11.1 Å². The fourth-order valence-corrected chi connectivity index (χ4v) is 2.19. The van der Waals surface area contributed by atoms with Crippen LogP contribution < -0.4 is 5.14 Å². The van der Waals surface area contributed by atoms with Gasteiger partial charge in [0.2, 0.25) is 10.0 Å². The fourth-order valence-electron chi connectivity index (χ4n) is 1.68. The molecule has 2 rings (SSSR count). The van der Waals surface area contributed by atoms with E-state index in [-0.39, 0.29) is 10.7 Å². The summed E-state index contributed by atoms with van der Waals surface area (Å²) in [5.74, 6) is -0.335. The molecule has 18 heavy (non-hydrogen) atoms. The summed E-state index contributed by atoms with van der Waals surface area (Å²) in [5.41, 5.74) is 1.87. The first-order valence-electron chi connectivity index (χ1n) is 5.27. The zero-order valence-corrected chi connectivity index (χ0v) is 10.5. The molecule has 2 N–H and O–H groups in total. The Morgan fingerprint density at radius 1 is 1.06 bits per heavy atom. The van der Waals surface area contributed by atoms with Crippen LogP contribution in [0.25, 0.3) is 11.1 Å². The summed E-state index contributed by atoms with van der Waals surface area (Å²) in [6.07, 6.45) is 0. The van der Waals surface area contributed by atoms with Gasteiger partial charge in [-0.15, -0.1) is 0 Å². The standard InChI is InChI=1S/C13H12FNO2S/c1-9-2-7-12(13(14)8-9)10-3-5-11(6-4-10)18(15,16)17/h2-8H,1H3,(H2,15,16,17). The van der Waals surface area contributed by atoms with Crippen molar-refractivity contribution in [3.63, 3.8) is 0 Å². The molecule has 0 bridgehead atoms. The number of hydrogen-bond donors (Lipinski definition) is 1. The minimum Gasteiger partial charge on any atom is -0.225 e. The van der Waals surface area contributed by atoms with Crippen molar-refractivity contribution in [3.05, 3.63) is 53.8 Å². The van der Waals surface area contributed by atoms with E-state index < -0.39 is 10.0 Å². The summed E-state index contributed by atoms with van der Waals surface area (Å²) in [7, 11) is -3.71. The average Bonchev–Trinajstić information content (AvgIpc) is 2.28.